The Morgan fingerprint density at radius 1 is 1.17 bits per heavy atom. The van der Waals surface area contributed by atoms with Crippen LogP contribution in [0.25, 0.3) is 0 Å². The van der Waals surface area contributed by atoms with Gasteiger partial charge in [-0.15, -0.1) is 0 Å². The van der Waals surface area contributed by atoms with Crippen molar-refractivity contribution in [3.63, 3.8) is 0 Å². The standard InChI is InChI=1S/C13H19FN4/c14-11-8-16-13(17-9-11)18-6-3-10(4-7-18)12-2-1-5-15-12/h8-10,12,15H,1-7H2. The Hall–Kier alpha value is -1.23. The molecule has 2 saturated heterocycles. The predicted molar refractivity (Wildman–Crippen MR) is 68.0 cm³/mol. The highest BCUT2D eigenvalue weighted by Gasteiger charge is 2.28. The Balaban J connectivity index is 1.57. The SMILES string of the molecule is Fc1cnc(N2CCC(C3CCCN3)CC2)nc1. The zero-order valence-corrected chi connectivity index (χ0v) is 10.5. The molecule has 0 amide bonds. The molecule has 0 radical (unpaired) electrons. The minimum absolute atomic E-state index is 0.371. The van der Waals surface area contributed by atoms with Crippen molar-refractivity contribution in [2.45, 2.75) is 31.7 Å². The minimum Gasteiger partial charge on any atom is -0.341 e. The van der Waals surface area contributed by atoms with Crippen molar-refractivity contribution in [2.24, 2.45) is 5.92 Å². The zero-order chi connectivity index (χ0) is 12.4. The maximum Gasteiger partial charge on any atom is 0.225 e. The van der Waals surface area contributed by atoms with Crippen LogP contribution in [-0.4, -0.2) is 35.6 Å². The lowest BCUT2D eigenvalue weighted by molar-refractivity contribution is 0.317. The van der Waals surface area contributed by atoms with E-state index in [0.717, 1.165) is 19.0 Å². The fraction of sp³-hybridized carbons (Fsp3) is 0.692. The van der Waals surface area contributed by atoms with Crippen molar-refractivity contribution in [3.8, 4) is 0 Å². The van der Waals surface area contributed by atoms with E-state index in [1.54, 1.807) is 0 Å². The molecule has 0 spiro atoms. The van der Waals surface area contributed by atoms with Crippen LogP contribution < -0.4 is 10.2 Å². The average Bonchev–Trinajstić information content (AvgIpc) is 2.94. The summed E-state index contributed by atoms with van der Waals surface area (Å²) in [7, 11) is 0. The lowest BCUT2D eigenvalue weighted by Gasteiger charge is -2.34. The first-order valence-corrected chi connectivity index (χ1v) is 6.79. The first-order chi connectivity index (χ1) is 8.83. The van der Waals surface area contributed by atoms with Gasteiger partial charge in [0.15, 0.2) is 5.82 Å². The van der Waals surface area contributed by atoms with Gasteiger partial charge in [-0.05, 0) is 38.1 Å². The molecule has 0 aromatic carbocycles. The molecule has 3 heterocycles. The molecule has 3 rings (SSSR count). The van der Waals surface area contributed by atoms with Crippen molar-refractivity contribution in [3.05, 3.63) is 18.2 Å². The molecule has 1 unspecified atom stereocenters. The summed E-state index contributed by atoms with van der Waals surface area (Å²) in [6.45, 7) is 3.13. The van der Waals surface area contributed by atoms with Crippen LogP contribution in [0.1, 0.15) is 25.7 Å². The molecule has 4 nitrogen and oxygen atoms in total. The van der Waals surface area contributed by atoms with E-state index in [-0.39, 0.29) is 5.82 Å². The van der Waals surface area contributed by atoms with Crippen molar-refractivity contribution in [1.82, 2.24) is 15.3 Å². The van der Waals surface area contributed by atoms with Gasteiger partial charge < -0.3 is 10.2 Å². The van der Waals surface area contributed by atoms with E-state index >= 15 is 0 Å². The highest BCUT2D eigenvalue weighted by Crippen LogP contribution is 2.26. The van der Waals surface area contributed by atoms with Gasteiger partial charge in [0.1, 0.15) is 0 Å². The first kappa shape index (κ1) is 11.8. The second-order valence-corrected chi connectivity index (χ2v) is 5.23. The topological polar surface area (TPSA) is 41.1 Å². The monoisotopic (exact) mass is 250 g/mol. The van der Waals surface area contributed by atoms with Crippen LogP contribution in [0.3, 0.4) is 0 Å². The number of aromatic nitrogens is 2. The van der Waals surface area contributed by atoms with Gasteiger partial charge in [0, 0.05) is 19.1 Å². The predicted octanol–water partition coefficient (Wildman–Crippen LogP) is 1.58. The Morgan fingerprint density at radius 2 is 1.89 bits per heavy atom. The summed E-state index contributed by atoms with van der Waals surface area (Å²) in [5.74, 6) is 1.07. The molecular formula is C13H19FN4. The third kappa shape index (κ3) is 2.46. The molecule has 98 valence electrons. The molecule has 2 aliphatic heterocycles. The molecule has 1 N–H and O–H groups in total. The normalized spacial score (nSPS) is 25.6. The third-order valence-corrected chi connectivity index (χ3v) is 4.10. The number of piperidine rings is 1. The second-order valence-electron chi connectivity index (χ2n) is 5.23. The highest BCUT2D eigenvalue weighted by atomic mass is 19.1. The Kier molecular flexibility index (Phi) is 3.41. The van der Waals surface area contributed by atoms with Crippen LogP contribution in [0, 0.1) is 11.7 Å². The van der Waals surface area contributed by atoms with Gasteiger partial charge in [-0.2, -0.15) is 0 Å². The van der Waals surface area contributed by atoms with E-state index in [1.807, 2.05) is 0 Å². The van der Waals surface area contributed by atoms with Crippen LogP contribution >= 0.6 is 0 Å². The summed E-state index contributed by atoms with van der Waals surface area (Å²) >= 11 is 0. The van der Waals surface area contributed by atoms with Gasteiger partial charge in [0.25, 0.3) is 0 Å². The Labute approximate surface area is 107 Å². The Bertz CT molecular complexity index is 380. The summed E-state index contributed by atoms with van der Waals surface area (Å²) in [6.07, 6.45) is 7.47. The van der Waals surface area contributed by atoms with Crippen LogP contribution in [0.15, 0.2) is 12.4 Å². The number of hydrogen-bond donors (Lipinski definition) is 1. The number of halogens is 1. The lowest BCUT2D eigenvalue weighted by Crippen LogP contribution is -2.41. The molecule has 5 heteroatoms. The van der Waals surface area contributed by atoms with Crippen molar-refractivity contribution in [1.29, 1.82) is 0 Å². The molecule has 2 aliphatic rings. The van der Waals surface area contributed by atoms with Crippen molar-refractivity contribution < 1.29 is 4.39 Å². The molecule has 0 saturated carbocycles. The molecule has 0 aliphatic carbocycles. The number of rotatable bonds is 2. The van der Waals surface area contributed by atoms with Gasteiger partial charge in [0.05, 0.1) is 12.4 Å². The zero-order valence-electron chi connectivity index (χ0n) is 10.5. The number of nitrogens with one attached hydrogen (secondary N) is 1. The van der Waals surface area contributed by atoms with Crippen LogP contribution in [0.5, 0.6) is 0 Å². The molecule has 2 fully saturated rings. The summed E-state index contributed by atoms with van der Waals surface area (Å²) in [5.41, 5.74) is 0. The van der Waals surface area contributed by atoms with Gasteiger partial charge in [-0.1, -0.05) is 0 Å². The van der Waals surface area contributed by atoms with Crippen molar-refractivity contribution in [2.75, 3.05) is 24.5 Å². The van der Waals surface area contributed by atoms with Crippen LogP contribution in [0.2, 0.25) is 0 Å². The lowest BCUT2D eigenvalue weighted by atomic mass is 9.89. The summed E-state index contributed by atoms with van der Waals surface area (Å²) in [5, 5.41) is 3.59. The fourth-order valence-corrected chi connectivity index (χ4v) is 3.08. The van der Waals surface area contributed by atoms with Gasteiger partial charge in [-0.25, -0.2) is 14.4 Å². The maximum atomic E-state index is 12.8. The molecule has 0 bridgehead atoms. The van der Waals surface area contributed by atoms with Crippen LogP contribution in [0.4, 0.5) is 10.3 Å². The van der Waals surface area contributed by atoms with E-state index in [4.69, 9.17) is 0 Å². The van der Waals surface area contributed by atoms with E-state index in [2.05, 4.69) is 20.2 Å². The van der Waals surface area contributed by atoms with Gasteiger partial charge in [0.2, 0.25) is 5.95 Å². The molecule has 1 atom stereocenters. The van der Waals surface area contributed by atoms with E-state index < -0.39 is 0 Å². The molecular weight excluding hydrogens is 231 g/mol. The molecule has 1 aromatic rings. The van der Waals surface area contributed by atoms with E-state index in [0.29, 0.717) is 12.0 Å². The maximum absolute atomic E-state index is 12.8. The quantitative estimate of drug-likeness (QED) is 0.865. The third-order valence-electron chi connectivity index (χ3n) is 4.10. The van der Waals surface area contributed by atoms with Crippen LogP contribution in [-0.2, 0) is 0 Å². The number of anilines is 1. The number of nitrogens with zero attached hydrogens (tertiary/aromatic N) is 3. The summed E-state index contributed by atoms with van der Waals surface area (Å²) in [4.78, 5) is 10.3. The van der Waals surface area contributed by atoms with Gasteiger partial charge in [-0.3, -0.25) is 0 Å². The van der Waals surface area contributed by atoms with Crippen molar-refractivity contribution >= 4 is 5.95 Å². The number of hydrogen-bond acceptors (Lipinski definition) is 4. The second kappa shape index (κ2) is 5.18. The first-order valence-electron chi connectivity index (χ1n) is 6.79. The van der Waals surface area contributed by atoms with E-state index in [1.165, 1.54) is 44.6 Å². The molecule has 18 heavy (non-hydrogen) atoms. The smallest absolute Gasteiger partial charge is 0.225 e. The van der Waals surface area contributed by atoms with E-state index in [9.17, 15) is 4.39 Å². The average molecular weight is 250 g/mol. The van der Waals surface area contributed by atoms with Gasteiger partial charge >= 0.3 is 0 Å². The summed E-state index contributed by atoms with van der Waals surface area (Å²) < 4.78 is 12.8. The largest absolute Gasteiger partial charge is 0.341 e. The summed E-state index contributed by atoms with van der Waals surface area (Å²) in [6, 6.07) is 0.710. The minimum atomic E-state index is -0.371. The Morgan fingerprint density at radius 3 is 2.50 bits per heavy atom. The highest BCUT2D eigenvalue weighted by molar-refractivity contribution is 5.29. The fourth-order valence-electron chi connectivity index (χ4n) is 3.08. The molecule has 1 aromatic heterocycles.